The van der Waals surface area contributed by atoms with Gasteiger partial charge in [-0.2, -0.15) is 0 Å². The molecule has 3 rings (SSSR count). The van der Waals surface area contributed by atoms with Gasteiger partial charge < -0.3 is 25.2 Å². The van der Waals surface area contributed by atoms with E-state index < -0.39 is 12.1 Å². The van der Waals surface area contributed by atoms with Gasteiger partial charge in [0.25, 0.3) is 0 Å². The van der Waals surface area contributed by atoms with Crippen LogP contribution in [0.25, 0.3) is 11.1 Å². The molecule has 0 aromatic heterocycles. The molecule has 0 heterocycles. The summed E-state index contributed by atoms with van der Waals surface area (Å²) in [7, 11) is 3.89. The highest BCUT2D eigenvalue weighted by atomic mass is 35.5. The quantitative estimate of drug-likeness (QED) is 0.300. The lowest BCUT2D eigenvalue weighted by molar-refractivity contribution is 0.0692. The van der Waals surface area contributed by atoms with Crippen LogP contribution in [0.4, 0.5) is 0 Å². The number of hydrogen-bond donors (Lipinski definition) is 3. The van der Waals surface area contributed by atoms with Crippen LogP contribution in [0, 0.1) is 0 Å². The molecule has 0 saturated heterocycles. The summed E-state index contributed by atoms with van der Waals surface area (Å²) in [5.74, 6) is -0.617. The number of carbonyl (C=O) groups is 1. The number of nitrogens with one attached hydrogen (secondary N) is 1. The molecule has 0 aliphatic heterocycles. The van der Waals surface area contributed by atoms with E-state index in [2.05, 4.69) is 17.4 Å². The molecule has 190 valence electrons. The molecule has 3 N–H and O–H groups in total. The topological polar surface area (TPSA) is 82.0 Å². The van der Waals surface area contributed by atoms with E-state index in [1.54, 1.807) is 12.1 Å². The number of carboxylic acid groups (broad SMARTS) is 1. The number of aliphatic hydroxyl groups excluding tert-OH is 1. The van der Waals surface area contributed by atoms with Crippen molar-refractivity contribution in [2.45, 2.75) is 12.5 Å². The first kappa shape index (κ1) is 30.4. The van der Waals surface area contributed by atoms with Crippen molar-refractivity contribution in [3.63, 3.8) is 0 Å². The predicted octanol–water partition coefficient (Wildman–Crippen LogP) is 4.70. The summed E-state index contributed by atoms with van der Waals surface area (Å²) in [6.45, 7) is 2.39. The first-order chi connectivity index (χ1) is 15.9. The number of hydrogen-bond acceptors (Lipinski definition) is 5. The molecule has 6 nitrogen and oxygen atoms in total. The number of ether oxygens (including phenoxy) is 1. The minimum atomic E-state index is -0.998. The van der Waals surface area contributed by atoms with Gasteiger partial charge >= 0.3 is 5.97 Å². The highest BCUT2D eigenvalue weighted by Gasteiger charge is 2.13. The van der Waals surface area contributed by atoms with Crippen LogP contribution in [0.15, 0.2) is 72.8 Å². The van der Waals surface area contributed by atoms with Crippen molar-refractivity contribution < 1.29 is 19.7 Å². The molecule has 0 fully saturated rings. The second-order valence-electron chi connectivity index (χ2n) is 8.25. The summed E-state index contributed by atoms with van der Waals surface area (Å²) >= 11 is 0. The molecule has 0 aliphatic carbocycles. The zero-order chi connectivity index (χ0) is 23.6. The summed E-state index contributed by atoms with van der Waals surface area (Å²) < 4.78 is 5.76. The van der Waals surface area contributed by atoms with Crippen LogP contribution >= 0.6 is 24.8 Å². The van der Waals surface area contributed by atoms with E-state index >= 15 is 0 Å². The molecule has 0 unspecified atom stereocenters. The van der Waals surface area contributed by atoms with Gasteiger partial charge in [0.1, 0.15) is 17.9 Å². The number of nitrogens with zero attached hydrogens (tertiary/aromatic N) is 1. The number of aromatic carboxylic acids is 1. The third kappa shape index (κ3) is 9.51. The van der Waals surface area contributed by atoms with Gasteiger partial charge in [-0.25, -0.2) is 4.79 Å². The van der Waals surface area contributed by atoms with E-state index in [1.165, 1.54) is 5.56 Å². The van der Waals surface area contributed by atoms with Gasteiger partial charge in [-0.1, -0.05) is 60.7 Å². The van der Waals surface area contributed by atoms with E-state index in [9.17, 15) is 15.0 Å². The number of rotatable bonds is 12. The second kappa shape index (κ2) is 15.4. The van der Waals surface area contributed by atoms with Gasteiger partial charge in [0, 0.05) is 13.1 Å². The standard InChI is InChI=1S/C27H32N2O4.2ClH/c1-29(2)16-17-33-26-18-23(12-13-24(26)27(31)32)21-10-8-20(9-11-21)14-15-28-19-25(30)22-6-4-3-5-7-22;;/h3-13,18,25,28,30H,14-17,19H2,1-2H3,(H,31,32);2*1H/t25-;;/m0../s1. The molecule has 0 bridgehead atoms. The van der Waals surface area contributed by atoms with E-state index in [1.807, 2.05) is 67.5 Å². The number of halogens is 2. The summed E-state index contributed by atoms with van der Waals surface area (Å²) in [4.78, 5) is 13.5. The summed E-state index contributed by atoms with van der Waals surface area (Å²) in [5, 5.41) is 23.0. The highest BCUT2D eigenvalue weighted by Crippen LogP contribution is 2.28. The second-order valence-corrected chi connectivity index (χ2v) is 8.25. The monoisotopic (exact) mass is 520 g/mol. The smallest absolute Gasteiger partial charge is 0.339 e. The van der Waals surface area contributed by atoms with E-state index in [4.69, 9.17) is 4.74 Å². The van der Waals surface area contributed by atoms with Crippen molar-refractivity contribution in [2.75, 3.05) is 40.3 Å². The Morgan fingerprint density at radius 2 is 1.63 bits per heavy atom. The lowest BCUT2D eigenvalue weighted by atomic mass is 10.0. The zero-order valence-corrected chi connectivity index (χ0v) is 21.6. The van der Waals surface area contributed by atoms with Crippen LogP contribution in [0.2, 0.25) is 0 Å². The van der Waals surface area contributed by atoms with Crippen LogP contribution < -0.4 is 10.1 Å². The Labute approximate surface area is 219 Å². The van der Waals surface area contributed by atoms with Gasteiger partial charge in [0.05, 0.1) is 6.10 Å². The molecular formula is C27H34Cl2N2O4. The third-order valence-corrected chi connectivity index (χ3v) is 5.41. The highest BCUT2D eigenvalue weighted by molar-refractivity contribution is 5.92. The SMILES string of the molecule is CN(C)CCOc1cc(-c2ccc(CCNC[C@H](O)c3ccccc3)cc2)ccc1C(=O)O.Cl.Cl. The number of carboxylic acids is 1. The van der Waals surface area contributed by atoms with Crippen molar-refractivity contribution in [1.82, 2.24) is 10.2 Å². The van der Waals surface area contributed by atoms with Crippen molar-refractivity contribution in [2.24, 2.45) is 0 Å². The van der Waals surface area contributed by atoms with Crippen LogP contribution in [-0.2, 0) is 6.42 Å². The van der Waals surface area contributed by atoms with E-state index in [-0.39, 0.29) is 30.4 Å². The molecule has 0 aliphatic rings. The minimum absolute atomic E-state index is 0. The fourth-order valence-electron chi connectivity index (χ4n) is 3.46. The Hall–Kier alpha value is -2.61. The Kier molecular flexibility index (Phi) is 13.4. The average Bonchev–Trinajstić information content (AvgIpc) is 2.82. The number of likely N-dealkylation sites (N-methyl/N-ethyl adjacent to an activating group) is 1. The summed E-state index contributed by atoms with van der Waals surface area (Å²) in [6, 6.07) is 23.0. The maximum atomic E-state index is 11.5. The minimum Gasteiger partial charge on any atom is -0.491 e. The average molecular weight is 521 g/mol. The fourth-order valence-corrected chi connectivity index (χ4v) is 3.46. The van der Waals surface area contributed by atoms with E-state index in [0.29, 0.717) is 25.4 Å². The Morgan fingerprint density at radius 3 is 2.26 bits per heavy atom. The molecule has 0 spiro atoms. The van der Waals surface area contributed by atoms with Crippen LogP contribution in [0.5, 0.6) is 5.75 Å². The maximum absolute atomic E-state index is 11.5. The third-order valence-electron chi connectivity index (χ3n) is 5.41. The molecular weight excluding hydrogens is 487 g/mol. The lowest BCUT2D eigenvalue weighted by Crippen LogP contribution is -2.23. The normalized spacial score (nSPS) is 11.3. The fraction of sp³-hybridized carbons (Fsp3) is 0.296. The first-order valence-electron chi connectivity index (χ1n) is 11.1. The molecule has 0 saturated carbocycles. The van der Waals surface area contributed by atoms with Crippen molar-refractivity contribution in [3.05, 3.63) is 89.5 Å². The largest absolute Gasteiger partial charge is 0.491 e. The summed E-state index contributed by atoms with van der Waals surface area (Å²) in [6.07, 6.45) is 0.329. The molecule has 0 radical (unpaired) electrons. The van der Waals surface area contributed by atoms with Gasteiger partial charge in [-0.15, -0.1) is 24.8 Å². The Bertz CT molecular complexity index is 1030. The Morgan fingerprint density at radius 1 is 0.971 bits per heavy atom. The van der Waals surface area contributed by atoms with Crippen molar-refractivity contribution >= 4 is 30.8 Å². The van der Waals surface area contributed by atoms with Crippen LogP contribution in [0.1, 0.15) is 27.6 Å². The lowest BCUT2D eigenvalue weighted by Gasteiger charge is -2.14. The van der Waals surface area contributed by atoms with Crippen LogP contribution in [0.3, 0.4) is 0 Å². The molecule has 3 aromatic carbocycles. The van der Waals surface area contributed by atoms with Crippen molar-refractivity contribution in [3.8, 4) is 16.9 Å². The predicted molar refractivity (Wildman–Crippen MR) is 145 cm³/mol. The van der Waals surface area contributed by atoms with Gasteiger partial charge in [0.15, 0.2) is 0 Å². The van der Waals surface area contributed by atoms with Gasteiger partial charge in [-0.3, -0.25) is 0 Å². The van der Waals surface area contributed by atoms with Crippen LogP contribution in [-0.4, -0.2) is 61.4 Å². The van der Waals surface area contributed by atoms with Gasteiger partial charge in [-0.05, 0) is 61.4 Å². The maximum Gasteiger partial charge on any atom is 0.339 e. The Balaban J connectivity index is 0.00000306. The van der Waals surface area contributed by atoms with E-state index in [0.717, 1.165) is 29.7 Å². The zero-order valence-electron chi connectivity index (χ0n) is 20.0. The molecule has 8 heteroatoms. The van der Waals surface area contributed by atoms with Crippen molar-refractivity contribution in [1.29, 1.82) is 0 Å². The first-order valence-corrected chi connectivity index (χ1v) is 11.1. The molecule has 1 atom stereocenters. The molecule has 0 amide bonds. The molecule has 35 heavy (non-hydrogen) atoms. The molecule has 3 aromatic rings. The summed E-state index contributed by atoms with van der Waals surface area (Å²) in [5.41, 5.74) is 4.17. The van der Waals surface area contributed by atoms with Gasteiger partial charge in [0.2, 0.25) is 0 Å². The number of benzene rings is 3. The number of aliphatic hydroxyl groups is 1.